The van der Waals surface area contributed by atoms with Gasteiger partial charge in [0.2, 0.25) is 0 Å². The first-order valence-corrected chi connectivity index (χ1v) is 5.99. The summed E-state index contributed by atoms with van der Waals surface area (Å²) in [6.07, 6.45) is 0. The third-order valence-corrected chi connectivity index (χ3v) is 2.88. The van der Waals surface area contributed by atoms with E-state index in [1.807, 2.05) is 0 Å². The normalized spacial score (nSPS) is 10.3. The number of halogens is 1. The van der Waals surface area contributed by atoms with Crippen LogP contribution in [0, 0.1) is 5.82 Å². The van der Waals surface area contributed by atoms with Crippen LogP contribution in [0.5, 0.6) is 11.5 Å². The second kappa shape index (κ2) is 5.61. The summed E-state index contributed by atoms with van der Waals surface area (Å²) in [6, 6.07) is 9.86. The molecular weight excluding hydrogens is 261 g/mol. The van der Waals surface area contributed by atoms with Crippen LogP contribution in [0.25, 0.3) is 0 Å². The number of hydrogen-bond acceptors (Lipinski definition) is 3. The van der Waals surface area contributed by atoms with Crippen LogP contribution in [-0.4, -0.2) is 28.1 Å². The van der Waals surface area contributed by atoms with E-state index >= 15 is 0 Å². The van der Waals surface area contributed by atoms with Gasteiger partial charge in [0.05, 0.1) is 0 Å². The van der Waals surface area contributed by atoms with Gasteiger partial charge in [-0.3, -0.25) is 4.79 Å². The van der Waals surface area contributed by atoms with Crippen LogP contribution in [0.15, 0.2) is 42.5 Å². The fourth-order valence-corrected chi connectivity index (χ4v) is 1.86. The largest absolute Gasteiger partial charge is 0.504 e. The summed E-state index contributed by atoms with van der Waals surface area (Å²) in [5.74, 6) is -1.32. The van der Waals surface area contributed by atoms with Crippen molar-refractivity contribution in [2.45, 2.75) is 6.54 Å². The molecule has 0 aromatic heterocycles. The molecule has 0 aliphatic carbocycles. The zero-order chi connectivity index (χ0) is 14.7. The maximum Gasteiger partial charge on any atom is 0.254 e. The molecule has 0 heterocycles. The van der Waals surface area contributed by atoms with Crippen LogP contribution in [0.4, 0.5) is 4.39 Å². The van der Waals surface area contributed by atoms with Crippen molar-refractivity contribution in [3.63, 3.8) is 0 Å². The van der Waals surface area contributed by atoms with Gasteiger partial charge in [-0.15, -0.1) is 0 Å². The highest BCUT2D eigenvalue weighted by molar-refractivity contribution is 5.94. The molecule has 0 unspecified atom stereocenters. The number of carbonyl (C=O) groups is 1. The molecule has 5 heteroatoms. The zero-order valence-corrected chi connectivity index (χ0v) is 10.9. The number of phenolic OH excluding ortho intramolecular Hbond substituents is 2. The lowest BCUT2D eigenvalue weighted by Gasteiger charge is -2.17. The summed E-state index contributed by atoms with van der Waals surface area (Å²) in [6.45, 7) is 0.248. The minimum Gasteiger partial charge on any atom is -0.504 e. The van der Waals surface area contributed by atoms with Crippen molar-refractivity contribution >= 4 is 5.91 Å². The Labute approximate surface area is 115 Å². The van der Waals surface area contributed by atoms with E-state index in [4.69, 9.17) is 0 Å². The Balaban J connectivity index is 2.14. The first-order valence-electron chi connectivity index (χ1n) is 5.99. The number of nitrogens with zero attached hydrogens (tertiary/aromatic N) is 1. The van der Waals surface area contributed by atoms with E-state index in [0.717, 1.165) is 0 Å². The number of benzene rings is 2. The summed E-state index contributed by atoms with van der Waals surface area (Å²) < 4.78 is 13.1. The van der Waals surface area contributed by atoms with Crippen LogP contribution in [0.1, 0.15) is 15.9 Å². The third-order valence-electron chi connectivity index (χ3n) is 2.88. The second-order valence-corrected chi connectivity index (χ2v) is 4.49. The number of carbonyl (C=O) groups excluding carboxylic acids is 1. The molecule has 0 saturated heterocycles. The van der Waals surface area contributed by atoms with E-state index in [1.54, 1.807) is 19.2 Å². The third kappa shape index (κ3) is 3.06. The SMILES string of the molecule is CN(Cc1cccc(F)c1)C(=O)c1ccc(O)c(O)c1. The Morgan fingerprint density at radius 1 is 1.15 bits per heavy atom. The summed E-state index contributed by atoms with van der Waals surface area (Å²) in [5, 5.41) is 18.6. The average Bonchev–Trinajstić information content (AvgIpc) is 2.41. The van der Waals surface area contributed by atoms with Crippen molar-refractivity contribution in [2.75, 3.05) is 7.05 Å². The molecular formula is C15H14FNO3. The maximum absolute atomic E-state index is 13.1. The molecule has 0 saturated carbocycles. The minimum atomic E-state index is -0.356. The predicted molar refractivity (Wildman–Crippen MR) is 72.0 cm³/mol. The molecule has 20 heavy (non-hydrogen) atoms. The number of rotatable bonds is 3. The van der Waals surface area contributed by atoms with Crippen LogP contribution < -0.4 is 0 Å². The number of amides is 1. The quantitative estimate of drug-likeness (QED) is 0.846. The van der Waals surface area contributed by atoms with Crippen LogP contribution in [0.2, 0.25) is 0 Å². The Bertz CT molecular complexity index is 643. The van der Waals surface area contributed by atoms with Gasteiger partial charge < -0.3 is 15.1 Å². The van der Waals surface area contributed by atoms with E-state index in [1.165, 1.54) is 35.2 Å². The molecule has 0 spiro atoms. The van der Waals surface area contributed by atoms with E-state index in [-0.39, 0.29) is 35.3 Å². The standard InChI is InChI=1S/C15H14FNO3/c1-17(9-10-3-2-4-12(16)7-10)15(20)11-5-6-13(18)14(19)8-11/h2-8,18-19H,9H2,1H3. The van der Waals surface area contributed by atoms with E-state index in [9.17, 15) is 19.4 Å². The molecule has 2 rings (SSSR count). The summed E-state index contributed by atoms with van der Waals surface area (Å²) >= 11 is 0. The second-order valence-electron chi connectivity index (χ2n) is 4.49. The van der Waals surface area contributed by atoms with Crippen molar-refractivity contribution in [2.24, 2.45) is 0 Å². The van der Waals surface area contributed by atoms with Gasteiger partial charge in [0.25, 0.3) is 5.91 Å². The Morgan fingerprint density at radius 2 is 1.90 bits per heavy atom. The number of aromatic hydroxyl groups is 2. The molecule has 0 aliphatic rings. The number of hydrogen-bond donors (Lipinski definition) is 2. The van der Waals surface area contributed by atoms with Crippen molar-refractivity contribution in [3.05, 3.63) is 59.4 Å². The molecule has 4 nitrogen and oxygen atoms in total. The smallest absolute Gasteiger partial charge is 0.254 e. The lowest BCUT2D eigenvalue weighted by Crippen LogP contribution is -2.26. The molecule has 0 aliphatic heterocycles. The van der Waals surface area contributed by atoms with Crippen LogP contribution in [0.3, 0.4) is 0 Å². The monoisotopic (exact) mass is 275 g/mol. The Hall–Kier alpha value is -2.56. The molecule has 1 amide bonds. The average molecular weight is 275 g/mol. The molecule has 0 atom stereocenters. The van der Waals surface area contributed by atoms with Crippen molar-refractivity contribution in [1.82, 2.24) is 4.90 Å². The summed E-state index contributed by atoms with van der Waals surface area (Å²) in [4.78, 5) is 13.5. The van der Waals surface area contributed by atoms with Gasteiger partial charge in [-0.1, -0.05) is 12.1 Å². The van der Waals surface area contributed by atoms with Gasteiger partial charge in [-0.05, 0) is 35.9 Å². The van der Waals surface area contributed by atoms with E-state index in [2.05, 4.69) is 0 Å². The number of phenols is 2. The Morgan fingerprint density at radius 3 is 2.55 bits per heavy atom. The highest BCUT2D eigenvalue weighted by atomic mass is 19.1. The summed E-state index contributed by atoms with van der Waals surface area (Å²) in [7, 11) is 1.58. The van der Waals surface area contributed by atoms with E-state index < -0.39 is 0 Å². The topological polar surface area (TPSA) is 60.8 Å². The first kappa shape index (κ1) is 13.9. The molecule has 0 fully saturated rings. The molecule has 2 aromatic rings. The fourth-order valence-electron chi connectivity index (χ4n) is 1.86. The van der Waals surface area contributed by atoms with Gasteiger partial charge in [-0.2, -0.15) is 0 Å². The predicted octanol–water partition coefficient (Wildman–Crippen LogP) is 2.51. The Kier molecular flexibility index (Phi) is 3.89. The first-order chi connectivity index (χ1) is 9.47. The van der Waals surface area contributed by atoms with E-state index in [0.29, 0.717) is 5.56 Å². The molecule has 104 valence electrons. The lowest BCUT2D eigenvalue weighted by molar-refractivity contribution is 0.0784. The molecule has 0 bridgehead atoms. The van der Waals surface area contributed by atoms with Crippen LogP contribution >= 0.6 is 0 Å². The lowest BCUT2D eigenvalue weighted by atomic mass is 10.1. The highest BCUT2D eigenvalue weighted by Gasteiger charge is 2.14. The van der Waals surface area contributed by atoms with Gasteiger partial charge in [0, 0.05) is 19.2 Å². The van der Waals surface area contributed by atoms with Crippen molar-refractivity contribution in [3.8, 4) is 11.5 Å². The zero-order valence-electron chi connectivity index (χ0n) is 10.9. The fraction of sp³-hybridized carbons (Fsp3) is 0.133. The van der Waals surface area contributed by atoms with Crippen LogP contribution in [-0.2, 0) is 6.54 Å². The van der Waals surface area contributed by atoms with Gasteiger partial charge in [-0.25, -0.2) is 4.39 Å². The molecule has 2 N–H and O–H groups in total. The molecule has 0 radical (unpaired) electrons. The van der Waals surface area contributed by atoms with Crippen molar-refractivity contribution < 1.29 is 19.4 Å². The van der Waals surface area contributed by atoms with Gasteiger partial charge >= 0.3 is 0 Å². The highest BCUT2D eigenvalue weighted by Crippen LogP contribution is 2.25. The maximum atomic E-state index is 13.1. The summed E-state index contributed by atoms with van der Waals surface area (Å²) in [5.41, 5.74) is 0.919. The van der Waals surface area contributed by atoms with Gasteiger partial charge in [0.15, 0.2) is 11.5 Å². The van der Waals surface area contributed by atoms with Crippen molar-refractivity contribution in [1.29, 1.82) is 0 Å². The van der Waals surface area contributed by atoms with Gasteiger partial charge in [0.1, 0.15) is 5.82 Å². The molecule has 2 aromatic carbocycles. The minimum absolute atomic E-state index is 0.248.